The van der Waals surface area contributed by atoms with Crippen LogP contribution in [-0.2, 0) is 4.79 Å². The second kappa shape index (κ2) is 5.24. The van der Waals surface area contributed by atoms with E-state index in [1.807, 2.05) is 30.3 Å². The number of fused-ring (bicyclic) bond motifs is 1. The van der Waals surface area contributed by atoms with Gasteiger partial charge in [0.25, 0.3) is 0 Å². The number of rotatable bonds is 2. The van der Waals surface area contributed by atoms with E-state index in [0.717, 1.165) is 17.2 Å². The maximum Gasteiger partial charge on any atom is 0.216 e. The van der Waals surface area contributed by atoms with E-state index in [4.69, 9.17) is 0 Å². The Morgan fingerprint density at radius 2 is 2.17 bits per heavy atom. The molecule has 0 bridgehead atoms. The van der Waals surface area contributed by atoms with Crippen molar-refractivity contribution in [2.24, 2.45) is 0 Å². The van der Waals surface area contributed by atoms with E-state index in [2.05, 4.69) is 23.1 Å². The number of carbonyl (C=O) groups is 1. The summed E-state index contributed by atoms with van der Waals surface area (Å²) in [6.07, 6.45) is 6.26. The van der Waals surface area contributed by atoms with Crippen LogP contribution in [0, 0.1) is 0 Å². The minimum Gasteiger partial charge on any atom is -0.351 e. The topological polar surface area (TPSA) is 20.3 Å². The van der Waals surface area contributed by atoms with Crippen LogP contribution in [0.25, 0.3) is 0 Å². The molecule has 1 fully saturated rings. The van der Waals surface area contributed by atoms with Crippen molar-refractivity contribution in [1.29, 1.82) is 0 Å². The molecule has 0 aliphatic carbocycles. The van der Waals surface area contributed by atoms with E-state index in [1.165, 1.54) is 16.8 Å². The number of thioether (sulfide) groups is 2. The molecule has 2 nitrogen and oxygen atoms in total. The van der Waals surface area contributed by atoms with E-state index in [-0.39, 0.29) is 11.2 Å². The summed E-state index contributed by atoms with van der Waals surface area (Å²) in [4.78, 5) is 15.5. The number of hydrogen-bond acceptors (Lipinski definition) is 4. The minimum absolute atomic E-state index is 0.0106. The molecule has 0 aromatic heterocycles. The van der Waals surface area contributed by atoms with E-state index in [9.17, 15) is 4.79 Å². The largest absolute Gasteiger partial charge is 0.351 e. The van der Waals surface area contributed by atoms with Crippen molar-refractivity contribution in [2.45, 2.75) is 10.9 Å². The lowest BCUT2D eigenvalue weighted by Crippen LogP contribution is -2.36. The zero-order valence-corrected chi connectivity index (χ0v) is 11.4. The van der Waals surface area contributed by atoms with Crippen molar-refractivity contribution < 1.29 is 4.79 Å². The second-order valence-corrected chi connectivity index (χ2v) is 6.26. The lowest BCUT2D eigenvalue weighted by Gasteiger charge is -2.25. The molecule has 1 unspecified atom stereocenters. The van der Waals surface area contributed by atoms with Gasteiger partial charge < -0.3 is 4.90 Å². The smallest absolute Gasteiger partial charge is 0.216 e. The Balaban J connectivity index is 1.71. The third-order valence-corrected chi connectivity index (χ3v) is 5.09. The Morgan fingerprint density at radius 1 is 1.33 bits per heavy atom. The molecular weight excluding hydrogens is 262 g/mol. The summed E-state index contributed by atoms with van der Waals surface area (Å²) in [6.45, 7) is 0.852. The number of carbonyl (C=O) groups excluding carboxylic acids is 1. The predicted octanol–water partition coefficient (Wildman–Crippen LogP) is 3.13. The minimum atomic E-state index is 0.0106. The summed E-state index contributed by atoms with van der Waals surface area (Å²) in [5.41, 5.74) is 0. The standard InChI is InChI=1S/C14H13NOS2/c16-14(18-11-6-2-1-3-7-11)12-10-17-13-8-4-5-9-15(12)13/h1-8,12H,9-10H2. The third kappa shape index (κ3) is 2.35. The van der Waals surface area contributed by atoms with E-state index in [1.54, 1.807) is 11.8 Å². The zero-order valence-electron chi connectivity index (χ0n) is 9.78. The molecule has 2 aliphatic heterocycles. The highest BCUT2D eigenvalue weighted by Crippen LogP contribution is 2.37. The zero-order chi connectivity index (χ0) is 12.4. The van der Waals surface area contributed by atoms with Gasteiger partial charge in [0, 0.05) is 17.2 Å². The van der Waals surface area contributed by atoms with Gasteiger partial charge in [-0.15, -0.1) is 11.8 Å². The molecule has 0 amide bonds. The molecule has 1 saturated heterocycles. The lowest BCUT2D eigenvalue weighted by atomic mass is 10.2. The Bertz CT molecular complexity index is 510. The second-order valence-electron chi connectivity index (χ2n) is 4.15. The first kappa shape index (κ1) is 11.9. The van der Waals surface area contributed by atoms with Crippen molar-refractivity contribution >= 4 is 28.6 Å². The van der Waals surface area contributed by atoms with Crippen molar-refractivity contribution in [3.63, 3.8) is 0 Å². The van der Waals surface area contributed by atoms with E-state index >= 15 is 0 Å². The number of benzene rings is 1. The molecule has 0 saturated carbocycles. The summed E-state index contributed by atoms with van der Waals surface area (Å²) in [5, 5.41) is 1.47. The quantitative estimate of drug-likeness (QED) is 0.772. The SMILES string of the molecule is O=C(Sc1ccccc1)C1CSC2=CC=CCN21. The highest BCUT2D eigenvalue weighted by atomic mass is 32.2. The third-order valence-electron chi connectivity index (χ3n) is 2.96. The van der Waals surface area contributed by atoms with Gasteiger partial charge in [-0.25, -0.2) is 0 Å². The molecule has 2 heterocycles. The van der Waals surface area contributed by atoms with Crippen LogP contribution in [0.15, 0.2) is 58.5 Å². The van der Waals surface area contributed by atoms with Crippen molar-refractivity contribution in [3.8, 4) is 0 Å². The summed E-state index contributed by atoms with van der Waals surface area (Å²) in [6, 6.07) is 9.88. The molecule has 0 spiro atoms. The van der Waals surface area contributed by atoms with Crippen molar-refractivity contribution in [2.75, 3.05) is 12.3 Å². The molecule has 2 aliphatic rings. The Labute approximate surface area is 115 Å². The molecule has 1 atom stereocenters. The molecule has 0 N–H and O–H groups in total. The Morgan fingerprint density at radius 3 is 3.00 bits per heavy atom. The fraction of sp³-hybridized carbons (Fsp3) is 0.214. The highest BCUT2D eigenvalue weighted by Gasteiger charge is 2.34. The monoisotopic (exact) mass is 275 g/mol. The molecule has 92 valence electrons. The maximum atomic E-state index is 12.3. The first-order valence-corrected chi connectivity index (χ1v) is 7.68. The van der Waals surface area contributed by atoms with Gasteiger partial charge in [0.1, 0.15) is 6.04 Å². The molecule has 0 radical (unpaired) electrons. The van der Waals surface area contributed by atoms with Crippen LogP contribution in [-0.4, -0.2) is 28.4 Å². The summed E-state index contributed by atoms with van der Waals surface area (Å²) in [5.74, 6) is 0.867. The Kier molecular flexibility index (Phi) is 3.48. The molecule has 1 aromatic rings. The van der Waals surface area contributed by atoms with Crippen LogP contribution in [0.2, 0.25) is 0 Å². The van der Waals surface area contributed by atoms with Gasteiger partial charge in [-0.1, -0.05) is 30.4 Å². The average Bonchev–Trinajstić information content (AvgIpc) is 2.84. The van der Waals surface area contributed by atoms with Crippen LogP contribution in [0.1, 0.15) is 0 Å². The van der Waals surface area contributed by atoms with Gasteiger partial charge in [0.2, 0.25) is 5.12 Å². The molecule has 3 rings (SSSR count). The van der Waals surface area contributed by atoms with E-state index in [0.29, 0.717) is 0 Å². The van der Waals surface area contributed by atoms with Crippen LogP contribution in [0.4, 0.5) is 0 Å². The number of allylic oxidation sites excluding steroid dienone is 2. The van der Waals surface area contributed by atoms with Gasteiger partial charge in [-0.2, -0.15) is 0 Å². The first-order chi connectivity index (χ1) is 8.84. The van der Waals surface area contributed by atoms with Crippen LogP contribution in [0.5, 0.6) is 0 Å². The number of hydrogen-bond donors (Lipinski definition) is 0. The highest BCUT2D eigenvalue weighted by molar-refractivity contribution is 8.14. The van der Waals surface area contributed by atoms with Gasteiger partial charge >= 0.3 is 0 Å². The van der Waals surface area contributed by atoms with Gasteiger partial charge in [-0.05, 0) is 30.0 Å². The van der Waals surface area contributed by atoms with Crippen LogP contribution < -0.4 is 0 Å². The molecule has 4 heteroatoms. The molecular formula is C14H13NOS2. The molecule has 18 heavy (non-hydrogen) atoms. The fourth-order valence-corrected chi connectivity index (χ4v) is 4.22. The van der Waals surface area contributed by atoms with Gasteiger partial charge in [0.15, 0.2) is 0 Å². The summed E-state index contributed by atoms with van der Waals surface area (Å²) in [7, 11) is 0. The van der Waals surface area contributed by atoms with Crippen LogP contribution >= 0.6 is 23.5 Å². The fourth-order valence-electron chi connectivity index (χ4n) is 2.04. The van der Waals surface area contributed by atoms with Gasteiger partial charge in [0.05, 0.1) is 5.03 Å². The van der Waals surface area contributed by atoms with Gasteiger partial charge in [-0.3, -0.25) is 4.79 Å². The van der Waals surface area contributed by atoms with Crippen molar-refractivity contribution in [3.05, 3.63) is 53.6 Å². The van der Waals surface area contributed by atoms with E-state index < -0.39 is 0 Å². The first-order valence-electron chi connectivity index (χ1n) is 5.87. The predicted molar refractivity (Wildman–Crippen MR) is 77.5 cm³/mol. The summed E-state index contributed by atoms with van der Waals surface area (Å²) < 4.78 is 0. The lowest BCUT2D eigenvalue weighted by molar-refractivity contribution is -0.114. The molecule has 1 aromatic carbocycles. The summed E-state index contributed by atoms with van der Waals surface area (Å²) >= 11 is 3.13. The van der Waals surface area contributed by atoms with Crippen molar-refractivity contribution in [1.82, 2.24) is 4.90 Å². The maximum absolute atomic E-state index is 12.3. The average molecular weight is 275 g/mol. The normalized spacial score (nSPS) is 21.7. The number of nitrogens with zero attached hydrogens (tertiary/aromatic N) is 1. The van der Waals surface area contributed by atoms with Crippen LogP contribution in [0.3, 0.4) is 0 Å². The Hall–Kier alpha value is -1.13.